The Balaban J connectivity index is 1.68. The van der Waals surface area contributed by atoms with E-state index in [-0.39, 0.29) is 12.0 Å². The predicted octanol–water partition coefficient (Wildman–Crippen LogP) is 3.11. The highest BCUT2D eigenvalue weighted by atomic mass is 16.5. The number of amides is 1. The quantitative estimate of drug-likeness (QED) is 0.634. The van der Waals surface area contributed by atoms with Crippen molar-refractivity contribution in [1.82, 2.24) is 20.2 Å². The Kier molecular flexibility index (Phi) is 6.01. The van der Waals surface area contributed by atoms with Gasteiger partial charge in [-0.1, -0.05) is 12.1 Å². The molecule has 8 nitrogen and oxygen atoms in total. The first kappa shape index (κ1) is 19.1. The molecule has 0 aliphatic carbocycles. The second-order valence-electron chi connectivity index (χ2n) is 6.20. The van der Waals surface area contributed by atoms with Crippen molar-refractivity contribution in [1.29, 1.82) is 0 Å². The lowest BCUT2D eigenvalue weighted by atomic mass is 10.2. The van der Waals surface area contributed by atoms with Crippen LogP contribution in [-0.2, 0) is 4.79 Å². The zero-order valence-corrected chi connectivity index (χ0v) is 15.9. The molecule has 0 spiro atoms. The van der Waals surface area contributed by atoms with Crippen molar-refractivity contribution < 1.29 is 14.3 Å². The van der Waals surface area contributed by atoms with Crippen LogP contribution in [0.1, 0.15) is 19.4 Å². The highest BCUT2D eigenvalue weighted by Gasteiger charge is 2.07. The van der Waals surface area contributed by atoms with Gasteiger partial charge in [-0.25, -0.2) is 4.68 Å². The van der Waals surface area contributed by atoms with Crippen LogP contribution < -0.4 is 14.8 Å². The summed E-state index contributed by atoms with van der Waals surface area (Å²) in [5.74, 6) is 1.03. The first-order valence-electron chi connectivity index (χ1n) is 8.72. The second kappa shape index (κ2) is 8.81. The fraction of sp³-hybridized carbons (Fsp3) is 0.200. The van der Waals surface area contributed by atoms with Gasteiger partial charge >= 0.3 is 0 Å². The van der Waals surface area contributed by atoms with Crippen molar-refractivity contribution >= 4 is 17.7 Å². The van der Waals surface area contributed by atoms with Gasteiger partial charge in [0.25, 0.3) is 0 Å². The number of nitrogens with one attached hydrogen (secondary N) is 1. The molecule has 0 unspecified atom stereocenters. The Bertz CT molecular complexity index is 968. The van der Waals surface area contributed by atoms with Gasteiger partial charge in [-0.3, -0.25) is 4.79 Å². The zero-order chi connectivity index (χ0) is 19.9. The molecule has 1 aromatic heterocycles. The van der Waals surface area contributed by atoms with Gasteiger partial charge in [0, 0.05) is 11.8 Å². The van der Waals surface area contributed by atoms with Gasteiger partial charge in [0.1, 0.15) is 6.33 Å². The maximum absolute atomic E-state index is 12.2. The molecule has 144 valence electrons. The van der Waals surface area contributed by atoms with E-state index in [0.717, 1.165) is 11.3 Å². The lowest BCUT2D eigenvalue weighted by molar-refractivity contribution is -0.111. The number of benzene rings is 2. The number of anilines is 1. The number of carbonyl (C=O) groups is 1. The molecule has 1 amide bonds. The predicted molar refractivity (Wildman–Crippen MR) is 106 cm³/mol. The first-order valence-corrected chi connectivity index (χ1v) is 8.72. The molecule has 0 fully saturated rings. The molecule has 3 rings (SSSR count). The number of ether oxygens (including phenoxy) is 2. The summed E-state index contributed by atoms with van der Waals surface area (Å²) in [6, 6.07) is 12.7. The number of aromatic nitrogens is 4. The molecular formula is C20H21N5O3. The minimum absolute atomic E-state index is 0.0464. The van der Waals surface area contributed by atoms with E-state index in [1.165, 1.54) is 17.1 Å². The molecule has 3 aromatic rings. The van der Waals surface area contributed by atoms with Crippen LogP contribution in [0.2, 0.25) is 0 Å². The number of rotatable bonds is 7. The fourth-order valence-corrected chi connectivity index (χ4v) is 2.50. The van der Waals surface area contributed by atoms with E-state index in [2.05, 4.69) is 20.8 Å². The second-order valence-corrected chi connectivity index (χ2v) is 6.20. The number of nitrogens with zero attached hydrogens (tertiary/aromatic N) is 4. The van der Waals surface area contributed by atoms with E-state index < -0.39 is 0 Å². The Morgan fingerprint density at radius 2 is 2.04 bits per heavy atom. The number of methoxy groups -OCH3 is 1. The standard InChI is InChI=1S/C20H21N5O3/c1-14(2)28-18-9-7-15(11-19(18)27-3)8-10-20(26)22-16-5-4-6-17(12-16)25-13-21-23-24-25/h4-14H,1-3H3,(H,22,26)/b10-8+. The normalized spacial score (nSPS) is 11.0. The summed E-state index contributed by atoms with van der Waals surface area (Å²) in [6.45, 7) is 3.90. The van der Waals surface area contributed by atoms with Gasteiger partial charge in [0.05, 0.1) is 18.9 Å². The Morgan fingerprint density at radius 3 is 2.75 bits per heavy atom. The van der Waals surface area contributed by atoms with Gasteiger partial charge in [0.15, 0.2) is 11.5 Å². The van der Waals surface area contributed by atoms with E-state index in [1.807, 2.05) is 44.2 Å². The zero-order valence-electron chi connectivity index (χ0n) is 15.9. The van der Waals surface area contributed by atoms with Crippen LogP contribution in [0.25, 0.3) is 11.8 Å². The van der Waals surface area contributed by atoms with Crippen molar-refractivity contribution in [3.63, 3.8) is 0 Å². The average molecular weight is 379 g/mol. The molecule has 0 radical (unpaired) electrons. The summed E-state index contributed by atoms with van der Waals surface area (Å²) in [5, 5.41) is 13.9. The van der Waals surface area contributed by atoms with Crippen molar-refractivity contribution in [2.75, 3.05) is 12.4 Å². The fourth-order valence-electron chi connectivity index (χ4n) is 2.50. The molecule has 1 heterocycles. The number of hydrogen-bond donors (Lipinski definition) is 1. The smallest absolute Gasteiger partial charge is 0.248 e. The third-order valence-electron chi connectivity index (χ3n) is 3.70. The van der Waals surface area contributed by atoms with Crippen LogP contribution in [0.5, 0.6) is 11.5 Å². The van der Waals surface area contributed by atoms with Crippen LogP contribution in [0, 0.1) is 0 Å². The van der Waals surface area contributed by atoms with Crippen LogP contribution in [-0.4, -0.2) is 39.3 Å². The van der Waals surface area contributed by atoms with Crippen molar-refractivity contribution in [2.45, 2.75) is 20.0 Å². The van der Waals surface area contributed by atoms with E-state index >= 15 is 0 Å². The monoisotopic (exact) mass is 379 g/mol. The summed E-state index contributed by atoms with van der Waals surface area (Å²) in [7, 11) is 1.58. The van der Waals surface area contributed by atoms with Gasteiger partial charge in [0.2, 0.25) is 5.91 Å². The summed E-state index contributed by atoms with van der Waals surface area (Å²) in [4.78, 5) is 12.2. The van der Waals surface area contributed by atoms with Gasteiger partial charge in [-0.2, -0.15) is 0 Å². The minimum Gasteiger partial charge on any atom is -0.493 e. The molecule has 2 aromatic carbocycles. The van der Waals surface area contributed by atoms with Crippen LogP contribution >= 0.6 is 0 Å². The molecule has 0 atom stereocenters. The highest BCUT2D eigenvalue weighted by molar-refractivity contribution is 6.02. The number of tetrazole rings is 1. The molecule has 0 aliphatic rings. The molecule has 8 heteroatoms. The van der Waals surface area contributed by atoms with E-state index in [0.29, 0.717) is 17.2 Å². The lowest BCUT2D eigenvalue weighted by Crippen LogP contribution is -2.08. The van der Waals surface area contributed by atoms with Gasteiger partial charge < -0.3 is 14.8 Å². The van der Waals surface area contributed by atoms with Crippen molar-refractivity contribution in [3.8, 4) is 17.2 Å². The van der Waals surface area contributed by atoms with E-state index in [9.17, 15) is 4.79 Å². The topological polar surface area (TPSA) is 91.2 Å². The third kappa shape index (κ3) is 4.94. The van der Waals surface area contributed by atoms with Crippen LogP contribution in [0.3, 0.4) is 0 Å². The first-order chi connectivity index (χ1) is 13.5. The Morgan fingerprint density at radius 1 is 1.18 bits per heavy atom. The summed E-state index contributed by atoms with van der Waals surface area (Å²) in [5.41, 5.74) is 2.21. The largest absolute Gasteiger partial charge is 0.493 e. The van der Waals surface area contributed by atoms with Crippen LogP contribution in [0.15, 0.2) is 54.9 Å². The highest BCUT2D eigenvalue weighted by Crippen LogP contribution is 2.29. The molecule has 0 saturated heterocycles. The van der Waals surface area contributed by atoms with E-state index in [4.69, 9.17) is 9.47 Å². The van der Waals surface area contributed by atoms with Crippen LogP contribution in [0.4, 0.5) is 5.69 Å². The SMILES string of the molecule is COc1cc(/C=C/C(=O)Nc2cccc(-n3cnnn3)c2)ccc1OC(C)C. The minimum atomic E-state index is -0.254. The molecule has 28 heavy (non-hydrogen) atoms. The molecule has 1 N–H and O–H groups in total. The summed E-state index contributed by atoms with van der Waals surface area (Å²) in [6.07, 6.45) is 4.70. The summed E-state index contributed by atoms with van der Waals surface area (Å²) < 4.78 is 12.6. The lowest BCUT2D eigenvalue weighted by Gasteiger charge is -2.13. The Labute approximate surface area is 162 Å². The van der Waals surface area contributed by atoms with E-state index in [1.54, 1.807) is 25.3 Å². The van der Waals surface area contributed by atoms with Crippen molar-refractivity contribution in [3.05, 3.63) is 60.4 Å². The maximum Gasteiger partial charge on any atom is 0.248 e. The maximum atomic E-state index is 12.2. The third-order valence-corrected chi connectivity index (χ3v) is 3.70. The summed E-state index contributed by atoms with van der Waals surface area (Å²) >= 11 is 0. The van der Waals surface area contributed by atoms with Crippen molar-refractivity contribution in [2.24, 2.45) is 0 Å². The molecule has 0 aliphatic heterocycles. The van der Waals surface area contributed by atoms with Gasteiger partial charge in [-0.05, 0) is 66.2 Å². The number of carbonyl (C=O) groups excluding carboxylic acids is 1. The molecular weight excluding hydrogens is 358 g/mol. The average Bonchev–Trinajstić information content (AvgIpc) is 3.22. The van der Waals surface area contributed by atoms with Gasteiger partial charge in [-0.15, -0.1) is 5.10 Å². The molecule has 0 saturated carbocycles. The number of hydrogen-bond acceptors (Lipinski definition) is 6. The Hall–Kier alpha value is -3.68. The molecule has 0 bridgehead atoms.